The van der Waals surface area contributed by atoms with Crippen molar-refractivity contribution in [3.8, 4) is 11.6 Å². The summed E-state index contributed by atoms with van der Waals surface area (Å²) in [5.41, 5.74) is 8.16. The molecule has 2 rings (SSSR count). The lowest BCUT2D eigenvalue weighted by Gasteiger charge is -2.15. The third-order valence-corrected chi connectivity index (χ3v) is 3.26. The van der Waals surface area contributed by atoms with E-state index in [0.717, 1.165) is 16.9 Å². The molecule has 4 nitrogen and oxygen atoms in total. The molecule has 0 radical (unpaired) electrons. The van der Waals surface area contributed by atoms with E-state index in [4.69, 9.17) is 10.5 Å². The molecule has 0 saturated heterocycles. The molecule has 4 heteroatoms. The highest BCUT2D eigenvalue weighted by Crippen LogP contribution is 2.31. The largest absolute Gasteiger partial charge is 0.439 e. The van der Waals surface area contributed by atoms with E-state index in [1.807, 2.05) is 26.8 Å². The van der Waals surface area contributed by atoms with E-state index < -0.39 is 0 Å². The van der Waals surface area contributed by atoms with Gasteiger partial charge in [0, 0.05) is 12.0 Å². The van der Waals surface area contributed by atoms with Crippen molar-refractivity contribution in [2.45, 2.75) is 46.5 Å². The molecule has 0 aliphatic rings. The highest BCUT2D eigenvalue weighted by Gasteiger charge is 2.12. The molecule has 0 fully saturated rings. The normalized spacial score (nSPS) is 11.2. The van der Waals surface area contributed by atoms with Crippen molar-refractivity contribution < 1.29 is 4.74 Å². The summed E-state index contributed by atoms with van der Waals surface area (Å²) in [6, 6.07) is 7.89. The first kappa shape index (κ1) is 15.3. The molecule has 1 aromatic carbocycles. The number of nitrogens with two attached hydrogens (primary N) is 1. The molecule has 0 spiro atoms. The second-order valence-corrected chi connectivity index (χ2v) is 5.94. The highest BCUT2D eigenvalue weighted by atomic mass is 16.5. The van der Waals surface area contributed by atoms with Crippen LogP contribution in [0, 0.1) is 6.92 Å². The lowest BCUT2D eigenvalue weighted by molar-refractivity contribution is 0.449. The van der Waals surface area contributed by atoms with Crippen LogP contribution in [0.3, 0.4) is 0 Å². The van der Waals surface area contributed by atoms with Gasteiger partial charge in [0.25, 0.3) is 0 Å². The Balaban J connectivity index is 2.40. The number of nitrogens with zero attached hydrogens (tertiary/aromatic N) is 2. The Bertz CT molecular complexity index is 636. The summed E-state index contributed by atoms with van der Waals surface area (Å²) < 4.78 is 5.99. The molecule has 21 heavy (non-hydrogen) atoms. The summed E-state index contributed by atoms with van der Waals surface area (Å²) in [7, 11) is 0. The summed E-state index contributed by atoms with van der Waals surface area (Å²) in [6.07, 6.45) is 0. The van der Waals surface area contributed by atoms with E-state index in [1.54, 1.807) is 6.07 Å². The standard InChI is InChI=1S/C17H23N3O/c1-10(2)13-7-6-12(5)8-14(13)21-16-9-15(18)19-17(20-16)11(3)4/h6-11H,1-5H3,(H2,18,19,20). The maximum absolute atomic E-state index is 5.99. The van der Waals surface area contributed by atoms with Crippen molar-refractivity contribution in [3.05, 3.63) is 41.2 Å². The Morgan fingerprint density at radius 2 is 1.71 bits per heavy atom. The zero-order valence-electron chi connectivity index (χ0n) is 13.3. The molecule has 112 valence electrons. The van der Waals surface area contributed by atoms with Crippen molar-refractivity contribution in [1.82, 2.24) is 9.97 Å². The van der Waals surface area contributed by atoms with Crippen LogP contribution in [-0.4, -0.2) is 9.97 Å². The SMILES string of the molecule is Cc1ccc(C(C)C)c(Oc2cc(N)nc(C(C)C)n2)c1. The van der Waals surface area contributed by atoms with Gasteiger partial charge in [-0.05, 0) is 30.0 Å². The second-order valence-electron chi connectivity index (χ2n) is 5.94. The minimum atomic E-state index is 0.206. The van der Waals surface area contributed by atoms with Crippen LogP contribution in [0.4, 0.5) is 5.82 Å². The summed E-state index contributed by atoms with van der Waals surface area (Å²) >= 11 is 0. The van der Waals surface area contributed by atoms with Crippen molar-refractivity contribution >= 4 is 5.82 Å². The van der Waals surface area contributed by atoms with Gasteiger partial charge in [0.2, 0.25) is 5.88 Å². The number of nitrogen functional groups attached to an aromatic ring is 1. The molecule has 0 unspecified atom stereocenters. The molecule has 0 bridgehead atoms. The minimum Gasteiger partial charge on any atom is -0.439 e. The van der Waals surface area contributed by atoms with E-state index >= 15 is 0 Å². The molecular formula is C17H23N3O. The molecule has 0 atom stereocenters. The summed E-state index contributed by atoms with van der Waals surface area (Å²) in [6.45, 7) is 10.4. The Labute approximate surface area is 126 Å². The quantitative estimate of drug-likeness (QED) is 0.904. The number of hydrogen-bond donors (Lipinski definition) is 1. The summed E-state index contributed by atoms with van der Waals surface area (Å²) in [5.74, 6) is 3.05. The fourth-order valence-corrected chi connectivity index (χ4v) is 2.09. The third kappa shape index (κ3) is 3.72. The van der Waals surface area contributed by atoms with Crippen LogP contribution >= 0.6 is 0 Å². The summed E-state index contributed by atoms with van der Waals surface area (Å²) in [4.78, 5) is 8.68. The fourth-order valence-electron chi connectivity index (χ4n) is 2.09. The summed E-state index contributed by atoms with van der Waals surface area (Å²) in [5, 5.41) is 0. The lowest BCUT2D eigenvalue weighted by Crippen LogP contribution is -2.04. The number of ether oxygens (including phenoxy) is 1. The zero-order chi connectivity index (χ0) is 15.6. The van der Waals surface area contributed by atoms with E-state index in [9.17, 15) is 0 Å². The van der Waals surface area contributed by atoms with Gasteiger partial charge in [-0.2, -0.15) is 4.98 Å². The van der Waals surface area contributed by atoms with Gasteiger partial charge in [-0.25, -0.2) is 4.98 Å². The molecule has 2 aromatic rings. The predicted molar refractivity (Wildman–Crippen MR) is 85.9 cm³/mol. The van der Waals surface area contributed by atoms with E-state index in [1.165, 1.54) is 0 Å². The number of hydrogen-bond acceptors (Lipinski definition) is 4. The number of benzene rings is 1. The fraction of sp³-hybridized carbons (Fsp3) is 0.412. The highest BCUT2D eigenvalue weighted by molar-refractivity contribution is 5.42. The van der Waals surface area contributed by atoms with Gasteiger partial charge in [-0.1, -0.05) is 39.8 Å². The Morgan fingerprint density at radius 3 is 2.33 bits per heavy atom. The van der Waals surface area contributed by atoms with Gasteiger partial charge in [-0.15, -0.1) is 0 Å². The molecule has 1 aromatic heterocycles. The Kier molecular flexibility index (Phi) is 4.46. The second kappa shape index (κ2) is 6.12. The van der Waals surface area contributed by atoms with Crippen molar-refractivity contribution in [3.63, 3.8) is 0 Å². The van der Waals surface area contributed by atoms with Crippen molar-refractivity contribution in [2.24, 2.45) is 0 Å². The van der Waals surface area contributed by atoms with Gasteiger partial charge in [-0.3, -0.25) is 0 Å². The third-order valence-electron chi connectivity index (χ3n) is 3.26. The molecule has 0 aliphatic carbocycles. The first-order valence-electron chi connectivity index (χ1n) is 7.29. The van der Waals surface area contributed by atoms with E-state index in [-0.39, 0.29) is 5.92 Å². The lowest BCUT2D eigenvalue weighted by atomic mass is 10.0. The van der Waals surface area contributed by atoms with Gasteiger partial charge >= 0.3 is 0 Å². The van der Waals surface area contributed by atoms with Crippen LogP contribution in [0.25, 0.3) is 0 Å². The molecule has 0 amide bonds. The van der Waals surface area contributed by atoms with Gasteiger partial charge < -0.3 is 10.5 Å². The van der Waals surface area contributed by atoms with Crippen molar-refractivity contribution in [2.75, 3.05) is 5.73 Å². The van der Waals surface area contributed by atoms with E-state index in [2.05, 4.69) is 35.9 Å². The number of anilines is 1. The molecule has 1 heterocycles. The minimum absolute atomic E-state index is 0.206. The first-order valence-corrected chi connectivity index (χ1v) is 7.29. The van der Waals surface area contributed by atoms with Crippen LogP contribution in [0.5, 0.6) is 11.6 Å². The monoisotopic (exact) mass is 285 g/mol. The molecule has 0 saturated carbocycles. The van der Waals surface area contributed by atoms with Crippen LogP contribution < -0.4 is 10.5 Å². The first-order chi connectivity index (χ1) is 9.86. The Hall–Kier alpha value is -2.10. The topological polar surface area (TPSA) is 61.0 Å². The van der Waals surface area contributed by atoms with Crippen LogP contribution in [-0.2, 0) is 0 Å². The average molecular weight is 285 g/mol. The Morgan fingerprint density at radius 1 is 1.00 bits per heavy atom. The predicted octanol–water partition coefficient (Wildman–Crippen LogP) is 4.41. The zero-order valence-corrected chi connectivity index (χ0v) is 13.3. The van der Waals surface area contributed by atoms with Gasteiger partial charge in [0.1, 0.15) is 17.4 Å². The van der Waals surface area contributed by atoms with Gasteiger partial charge in [0.15, 0.2) is 0 Å². The molecule has 2 N–H and O–H groups in total. The van der Waals surface area contributed by atoms with Crippen LogP contribution in [0.2, 0.25) is 0 Å². The molecular weight excluding hydrogens is 262 g/mol. The van der Waals surface area contributed by atoms with E-state index in [0.29, 0.717) is 23.4 Å². The molecule has 0 aliphatic heterocycles. The number of aromatic nitrogens is 2. The van der Waals surface area contributed by atoms with Crippen LogP contribution in [0.15, 0.2) is 24.3 Å². The average Bonchev–Trinajstić information content (AvgIpc) is 2.37. The maximum Gasteiger partial charge on any atom is 0.224 e. The maximum atomic E-state index is 5.99. The number of aryl methyl sites for hydroxylation is 1. The number of rotatable bonds is 4. The smallest absolute Gasteiger partial charge is 0.224 e. The van der Waals surface area contributed by atoms with Gasteiger partial charge in [0.05, 0.1) is 0 Å². The van der Waals surface area contributed by atoms with Crippen molar-refractivity contribution in [1.29, 1.82) is 0 Å². The van der Waals surface area contributed by atoms with Crippen LogP contribution in [0.1, 0.15) is 56.5 Å².